The highest BCUT2D eigenvalue weighted by atomic mass is 19.1. The van der Waals surface area contributed by atoms with Crippen molar-refractivity contribution < 1.29 is 27.5 Å². The van der Waals surface area contributed by atoms with Gasteiger partial charge in [-0.25, -0.2) is 8.78 Å². The van der Waals surface area contributed by atoms with E-state index in [1.165, 1.54) is 11.0 Å². The number of carbonyl (C=O) groups excluding carboxylic acids is 2. The fourth-order valence-corrected chi connectivity index (χ4v) is 3.78. The van der Waals surface area contributed by atoms with E-state index >= 15 is 0 Å². The zero-order chi connectivity index (χ0) is 22.8. The minimum atomic E-state index is -0.898. The number of para-hydroxylation sites is 1. The molecule has 1 saturated heterocycles. The molecular weight excluding hydrogens is 418 g/mol. The van der Waals surface area contributed by atoms with Crippen LogP contribution in [0, 0.1) is 11.6 Å². The zero-order valence-electron chi connectivity index (χ0n) is 17.9. The van der Waals surface area contributed by atoms with Crippen molar-refractivity contribution in [3.8, 4) is 0 Å². The van der Waals surface area contributed by atoms with E-state index < -0.39 is 23.1 Å². The molecule has 1 aromatic heterocycles. The van der Waals surface area contributed by atoms with Gasteiger partial charge in [0.15, 0.2) is 5.76 Å². The topological polar surface area (TPSA) is 63.0 Å². The Hall–Kier alpha value is -3.26. The monoisotopic (exact) mass is 442 g/mol. The molecule has 0 spiro atoms. The summed E-state index contributed by atoms with van der Waals surface area (Å²) in [4.78, 5) is 28.8. The van der Waals surface area contributed by atoms with Crippen LogP contribution in [0.4, 0.5) is 8.78 Å². The number of hydrogen-bond acceptors (Lipinski definition) is 4. The first-order valence-corrected chi connectivity index (χ1v) is 10.5. The van der Waals surface area contributed by atoms with Crippen LogP contribution in [0.1, 0.15) is 40.3 Å². The number of hydrogen-bond donors (Lipinski definition) is 0. The molecule has 3 aromatic rings. The maximum absolute atomic E-state index is 14.0. The largest absolute Gasteiger partial charge is 0.451 e. The molecule has 2 heterocycles. The van der Waals surface area contributed by atoms with Gasteiger partial charge in [0, 0.05) is 37.1 Å². The van der Waals surface area contributed by atoms with Crippen LogP contribution in [-0.4, -0.2) is 53.9 Å². The molecule has 0 saturated carbocycles. The summed E-state index contributed by atoms with van der Waals surface area (Å²) in [6.45, 7) is 4.84. The maximum atomic E-state index is 14.0. The molecule has 0 N–H and O–H groups in total. The van der Waals surface area contributed by atoms with Crippen molar-refractivity contribution in [2.75, 3.05) is 26.2 Å². The third-order valence-electron chi connectivity index (χ3n) is 5.48. The second-order valence-electron chi connectivity index (χ2n) is 7.95. The quantitative estimate of drug-likeness (QED) is 0.593. The maximum Gasteiger partial charge on any atom is 0.290 e. The van der Waals surface area contributed by atoms with E-state index in [-0.39, 0.29) is 50.6 Å². The number of nitrogens with zero attached hydrogens (tertiary/aromatic N) is 2. The van der Waals surface area contributed by atoms with Crippen LogP contribution in [0.15, 0.2) is 46.9 Å². The molecule has 0 aliphatic carbocycles. The molecule has 1 aliphatic heterocycles. The number of furan rings is 1. The van der Waals surface area contributed by atoms with Crippen LogP contribution in [-0.2, 0) is 11.3 Å². The third-order valence-corrected chi connectivity index (χ3v) is 5.48. The van der Waals surface area contributed by atoms with Crippen molar-refractivity contribution in [2.45, 2.75) is 26.6 Å². The molecule has 2 aromatic carbocycles. The van der Waals surface area contributed by atoms with Crippen molar-refractivity contribution in [1.82, 2.24) is 9.80 Å². The summed E-state index contributed by atoms with van der Waals surface area (Å²) < 4.78 is 39.6. The summed E-state index contributed by atoms with van der Waals surface area (Å²) in [6.07, 6.45) is -0.0139. The molecule has 0 unspecified atom stereocenters. The normalized spacial score (nSPS) is 14.4. The van der Waals surface area contributed by atoms with Gasteiger partial charge in [0.05, 0.1) is 12.7 Å². The lowest BCUT2D eigenvalue weighted by Gasteiger charge is -2.34. The molecule has 8 heteroatoms. The van der Waals surface area contributed by atoms with Crippen LogP contribution in [0.25, 0.3) is 11.0 Å². The molecule has 4 rings (SSSR count). The minimum Gasteiger partial charge on any atom is -0.451 e. The number of fused-ring (bicyclic) bond motifs is 1. The predicted molar refractivity (Wildman–Crippen MR) is 114 cm³/mol. The Morgan fingerprint density at radius 2 is 1.53 bits per heavy atom. The Bertz CT molecular complexity index is 1130. The second kappa shape index (κ2) is 9.08. The van der Waals surface area contributed by atoms with E-state index in [4.69, 9.17) is 9.15 Å². The van der Waals surface area contributed by atoms with E-state index in [2.05, 4.69) is 0 Å². The van der Waals surface area contributed by atoms with Crippen LogP contribution in [0.3, 0.4) is 0 Å². The van der Waals surface area contributed by atoms with Gasteiger partial charge in [0.25, 0.3) is 11.8 Å². The van der Waals surface area contributed by atoms with Crippen molar-refractivity contribution in [3.05, 3.63) is 71.0 Å². The average Bonchev–Trinajstić information content (AvgIpc) is 3.15. The predicted octanol–water partition coefficient (Wildman–Crippen LogP) is 4.23. The molecule has 2 amide bonds. The fraction of sp³-hybridized carbons (Fsp3) is 0.333. The molecule has 32 heavy (non-hydrogen) atoms. The first-order chi connectivity index (χ1) is 15.4. The summed E-state index contributed by atoms with van der Waals surface area (Å²) in [5.41, 5.74) is 0.714. The van der Waals surface area contributed by atoms with E-state index in [1.807, 2.05) is 32.0 Å². The number of amides is 2. The Morgan fingerprint density at radius 3 is 2.16 bits per heavy atom. The summed E-state index contributed by atoms with van der Waals surface area (Å²) in [5.74, 6) is -2.60. The lowest BCUT2D eigenvalue weighted by atomic mass is 10.1. The minimum absolute atomic E-state index is 0.0139. The van der Waals surface area contributed by atoms with E-state index in [0.29, 0.717) is 11.1 Å². The molecule has 6 nitrogen and oxygen atoms in total. The van der Waals surface area contributed by atoms with Gasteiger partial charge >= 0.3 is 0 Å². The number of rotatable bonds is 5. The summed E-state index contributed by atoms with van der Waals surface area (Å²) in [5, 5.41) is 0.820. The molecule has 0 atom stereocenters. The SMILES string of the molecule is CC(C)OCc1c(C(=O)N2CCN(C(=O)c3c(F)cccc3F)CC2)oc2ccccc12. The summed E-state index contributed by atoms with van der Waals surface area (Å²) in [7, 11) is 0. The van der Waals surface area contributed by atoms with Gasteiger partial charge in [0.2, 0.25) is 0 Å². The van der Waals surface area contributed by atoms with Gasteiger partial charge in [-0.05, 0) is 32.0 Å². The number of benzene rings is 2. The first-order valence-electron chi connectivity index (χ1n) is 10.5. The highest BCUT2D eigenvalue weighted by molar-refractivity contribution is 5.99. The lowest BCUT2D eigenvalue weighted by Crippen LogP contribution is -2.51. The Balaban J connectivity index is 1.51. The van der Waals surface area contributed by atoms with Gasteiger partial charge in [-0.1, -0.05) is 24.3 Å². The van der Waals surface area contributed by atoms with Gasteiger partial charge < -0.3 is 19.0 Å². The molecule has 1 fully saturated rings. The van der Waals surface area contributed by atoms with Crippen molar-refractivity contribution in [2.24, 2.45) is 0 Å². The standard InChI is InChI=1S/C24H24F2N2O4/c1-15(2)31-14-17-16-6-3-4-9-20(16)32-22(17)24(30)28-12-10-27(11-13-28)23(29)21-18(25)7-5-8-19(21)26/h3-9,15H,10-14H2,1-2H3. The molecule has 0 radical (unpaired) electrons. The molecule has 1 aliphatic rings. The Labute approximate surface area is 184 Å². The van der Waals surface area contributed by atoms with Crippen LogP contribution < -0.4 is 0 Å². The summed E-state index contributed by atoms with van der Waals surface area (Å²) in [6, 6.07) is 10.7. The number of ether oxygens (including phenoxy) is 1. The smallest absolute Gasteiger partial charge is 0.290 e. The van der Waals surface area contributed by atoms with Gasteiger partial charge in [-0.2, -0.15) is 0 Å². The van der Waals surface area contributed by atoms with Gasteiger partial charge in [-0.3, -0.25) is 9.59 Å². The Morgan fingerprint density at radius 1 is 0.938 bits per heavy atom. The molecule has 168 valence electrons. The van der Waals surface area contributed by atoms with Crippen LogP contribution >= 0.6 is 0 Å². The van der Waals surface area contributed by atoms with Crippen molar-refractivity contribution in [3.63, 3.8) is 0 Å². The Kier molecular flexibility index (Phi) is 6.23. The van der Waals surface area contributed by atoms with E-state index in [1.54, 1.807) is 11.0 Å². The number of piperazine rings is 1. The van der Waals surface area contributed by atoms with Gasteiger partial charge in [0.1, 0.15) is 22.8 Å². The summed E-state index contributed by atoms with van der Waals surface area (Å²) >= 11 is 0. The first kappa shape index (κ1) is 22.0. The average molecular weight is 442 g/mol. The number of carbonyl (C=O) groups is 2. The van der Waals surface area contributed by atoms with Crippen molar-refractivity contribution >= 4 is 22.8 Å². The lowest BCUT2D eigenvalue weighted by molar-refractivity contribution is 0.0496. The molecule has 0 bridgehead atoms. The van der Waals surface area contributed by atoms with E-state index in [0.717, 1.165) is 17.5 Å². The molecular formula is C24H24F2N2O4. The van der Waals surface area contributed by atoms with Crippen molar-refractivity contribution in [1.29, 1.82) is 0 Å². The van der Waals surface area contributed by atoms with Crippen LogP contribution in [0.2, 0.25) is 0 Å². The number of halogens is 2. The van der Waals surface area contributed by atoms with Gasteiger partial charge in [-0.15, -0.1) is 0 Å². The third kappa shape index (κ3) is 4.23. The highest BCUT2D eigenvalue weighted by Gasteiger charge is 2.31. The zero-order valence-corrected chi connectivity index (χ0v) is 17.9. The van der Waals surface area contributed by atoms with E-state index in [9.17, 15) is 18.4 Å². The fourth-order valence-electron chi connectivity index (χ4n) is 3.78. The highest BCUT2D eigenvalue weighted by Crippen LogP contribution is 2.28. The second-order valence-corrected chi connectivity index (χ2v) is 7.95. The van der Waals surface area contributed by atoms with Crippen LogP contribution in [0.5, 0.6) is 0 Å².